The Hall–Kier alpha value is -1.06. The van der Waals surface area contributed by atoms with Crippen LogP contribution in [0.3, 0.4) is 0 Å². The first kappa shape index (κ1) is 22.0. The van der Waals surface area contributed by atoms with Crippen LogP contribution in [0.1, 0.15) is 91.4 Å². The second-order valence-electron chi connectivity index (χ2n) is 7.83. The summed E-state index contributed by atoms with van der Waals surface area (Å²) in [6.07, 6.45) is 11.1. The van der Waals surface area contributed by atoms with E-state index in [2.05, 4.69) is 13.8 Å². The molecule has 146 valence electrons. The van der Waals surface area contributed by atoms with Crippen molar-refractivity contribution in [3.8, 4) is 0 Å². The highest BCUT2D eigenvalue weighted by molar-refractivity contribution is 5.75. The molecule has 0 spiro atoms. The molecule has 0 unspecified atom stereocenters. The Labute approximate surface area is 154 Å². The van der Waals surface area contributed by atoms with Crippen LogP contribution in [0.15, 0.2) is 0 Å². The summed E-state index contributed by atoms with van der Waals surface area (Å²) in [4.78, 5) is 24.0. The molecule has 1 aliphatic carbocycles. The van der Waals surface area contributed by atoms with E-state index in [4.69, 9.17) is 9.47 Å². The maximum Gasteiger partial charge on any atom is 0.308 e. The largest absolute Gasteiger partial charge is 0.465 e. The molecule has 1 aliphatic rings. The van der Waals surface area contributed by atoms with E-state index in [9.17, 15) is 9.59 Å². The van der Waals surface area contributed by atoms with Gasteiger partial charge in [-0.3, -0.25) is 9.59 Å². The van der Waals surface area contributed by atoms with E-state index >= 15 is 0 Å². The van der Waals surface area contributed by atoms with Gasteiger partial charge < -0.3 is 9.47 Å². The summed E-state index contributed by atoms with van der Waals surface area (Å²) < 4.78 is 10.6. The molecule has 0 bridgehead atoms. The lowest BCUT2D eigenvalue weighted by Gasteiger charge is -2.25. The summed E-state index contributed by atoms with van der Waals surface area (Å²) in [5.74, 6) is 0.582. The van der Waals surface area contributed by atoms with E-state index in [1.165, 1.54) is 25.7 Å². The molecule has 4 heteroatoms. The van der Waals surface area contributed by atoms with E-state index in [1.807, 2.05) is 6.92 Å². The molecule has 0 aromatic heterocycles. The quantitative estimate of drug-likeness (QED) is 0.353. The molecule has 0 saturated heterocycles. The van der Waals surface area contributed by atoms with Gasteiger partial charge in [-0.05, 0) is 44.4 Å². The molecule has 0 N–H and O–H groups in total. The van der Waals surface area contributed by atoms with E-state index in [0.717, 1.165) is 50.9 Å². The van der Waals surface area contributed by atoms with Crippen LogP contribution in [0.4, 0.5) is 0 Å². The normalized spacial score (nSPS) is 20.5. The number of esters is 2. The first-order chi connectivity index (χ1) is 12.0. The molecule has 0 aliphatic heterocycles. The van der Waals surface area contributed by atoms with Gasteiger partial charge in [0.2, 0.25) is 0 Å². The first-order valence-corrected chi connectivity index (χ1v) is 10.4. The van der Waals surface area contributed by atoms with E-state index in [1.54, 1.807) is 0 Å². The van der Waals surface area contributed by atoms with Crippen molar-refractivity contribution in [2.45, 2.75) is 91.4 Å². The zero-order valence-corrected chi connectivity index (χ0v) is 16.6. The average molecular weight is 355 g/mol. The fourth-order valence-electron chi connectivity index (χ4n) is 3.36. The molecule has 0 radical (unpaired) electrons. The second kappa shape index (κ2) is 13.2. The molecule has 4 nitrogen and oxygen atoms in total. The Morgan fingerprint density at radius 1 is 0.800 bits per heavy atom. The lowest BCUT2D eigenvalue weighted by atomic mass is 9.82. The van der Waals surface area contributed by atoms with Crippen LogP contribution in [0.2, 0.25) is 0 Å². The minimum absolute atomic E-state index is 0.0264. The monoisotopic (exact) mass is 354 g/mol. The molecule has 0 amide bonds. The van der Waals surface area contributed by atoms with Gasteiger partial charge in [0.25, 0.3) is 0 Å². The summed E-state index contributed by atoms with van der Waals surface area (Å²) in [7, 11) is 0. The van der Waals surface area contributed by atoms with Crippen molar-refractivity contribution in [2.24, 2.45) is 17.8 Å². The van der Waals surface area contributed by atoms with Crippen molar-refractivity contribution in [3.63, 3.8) is 0 Å². The van der Waals surface area contributed by atoms with Crippen LogP contribution in [-0.2, 0) is 19.1 Å². The van der Waals surface area contributed by atoms with Gasteiger partial charge in [0.05, 0.1) is 25.0 Å². The highest BCUT2D eigenvalue weighted by atomic mass is 16.5. The highest BCUT2D eigenvalue weighted by Crippen LogP contribution is 2.30. The van der Waals surface area contributed by atoms with Gasteiger partial charge in [-0.1, -0.05) is 52.9 Å². The maximum absolute atomic E-state index is 12.1. The molecule has 0 atom stereocenters. The number of unbranched alkanes of at least 4 members (excludes halogenated alkanes) is 4. The first-order valence-electron chi connectivity index (χ1n) is 10.4. The van der Waals surface area contributed by atoms with Crippen molar-refractivity contribution in [3.05, 3.63) is 0 Å². The van der Waals surface area contributed by atoms with Crippen molar-refractivity contribution in [1.82, 2.24) is 0 Å². The number of ether oxygens (including phenoxy) is 2. The van der Waals surface area contributed by atoms with Gasteiger partial charge in [-0.2, -0.15) is 0 Å². The number of rotatable bonds is 12. The highest BCUT2D eigenvalue weighted by Gasteiger charge is 2.31. The van der Waals surface area contributed by atoms with Gasteiger partial charge in [-0.25, -0.2) is 0 Å². The Balaban J connectivity index is 2.04. The van der Waals surface area contributed by atoms with E-state index < -0.39 is 0 Å². The summed E-state index contributed by atoms with van der Waals surface area (Å²) in [5.41, 5.74) is 0. The molecule has 25 heavy (non-hydrogen) atoms. The predicted molar refractivity (Wildman–Crippen MR) is 100 cm³/mol. The summed E-state index contributed by atoms with van der Waals surface area (Å²) in [6, 6.07) is 0. The van der Waals surface area contributed by atoms with Crippen LogP contribution in [0, 0.1) is 17.8 Å². The van der Waals surface area contributed by atoms with Crippen molar-refractivity contribution < 1.29 is 19.1 Å². The Bertz CT molecular complexity index is 370. The van der Waals surface area contributed by atoms with Gasteiger partial charge in [0.15, 0.2) is 0 Å². The fourth-order valence-corrected chi connectivity index (χ4v) is 3.36. The maximum atomic E-state index is 12.1. The number of hydrogen-bond acceptors (Lipinski definition) is 4. The molecule has 0 aromatic rings. The van der Waals surface area contributed by atoms with Crippen LogP contribution in [0.5, 0.6) is 0 Å². The van der Waals surface area contributed by atoms with Crippen molar-refractivity contribution >= 4 is 11.9 Å². The molecular formula is C21H38O4. The second-order valence-corrected chi connectivity index (χ2v) is 7.83. The molecule has 1 rings (SSSR count). The average Bonchev–Trinajstić information content (AvgIpc) is 2.61. The summed E-state index contributed by atoms with van der Waals surface area (Å²) in [6.45, 7) is 7.56. The van der Waals surface area contributed by atoms with Gasteiger partial charge in [0, 0.05) is 0 Å². The SMILES string of the molecule is CCCOC(=O)C1CCC(C(=O)OCCCCCCCC(C)C)CC1. The standard InChI is InChI=1S/C21H38O4/c1-4-15-24-20(22)18-11-13-19(14-12-18)21(23)25-16-9-7-5-6-8-10-17(2)3/h17-19H,4-16H2,1-3H3. The smallest absolute Gasteiger partial charge is 0.308 e. The predicted octanol–water partition coefficient (Wildman–Crippen LogP) is 5.29. The molecule has 0 aromatic carbocycles. The van der Waals surface area contributed by atoms with Gasteiger partial charge in [-0.15, -0.1) is 0 Å². The Kier molecular flexibility index (Phi) is 11.6. The number of carbonyl (C=O) groups is 2. The Morgan fingerprint density at radius 2 is 1.28 bits per heavy atom. The number of carbonyl (C=O) groups excluding carboxylic acids is 2. The van der Waals surface area contributed by atoms with Crippen molar-refractivity contribution in [2.75, 3.05) is 13.2 Å². The van der Waals surface area contributed by atoms with Crippen LogP contribution < -0.4 is 0 Å². The zero-order valence-electron chi connectivity index (χ0n) is 16.6. The lowest BCUT2D eigenvalue weighted by molar-refractivity contribution is -0.155. The molecule has 1 saturated carbocycles. The third-order valence-electron chi connectivity index (χ3n) is 5.01. The minimum atomic E-state index is -0.0915. The number of hydrogen-bond donors (Lipinski definition) is 0. The third-order valence-corrected chi connectivity index (χ3v) is 5.01. The van der Waals surface area contributed by atoms with Gasteiger partial charge >= 0.3 is 11.9 Å². The van der Waals surface area contributed by atoms with Crippen LogP contribution in [0.25, 0.3) is 0 Å². The summed E-state index contributed by atoms with van der Waals surface area (Å²) >= 11 is 0. The van der Waals surface area contributed by atoms with E-state index in [-0.39, 0.29) is 23.8 Å². The topological polar surface area (TPSA) is 52.6 Å². The zero-order chi connectivity index (χ0) is 18.5. The molecular weight excluding hydrogens is 316 g/mol. The third kappa shape index (κ3) is 9.86. The van der Waals surface area contributed by atoms with Crippen molar-refractivity contribution in [1.29, 1.82) is 0 Å². The fraction of sp³-hybridized carbons (Fsp3) is 0.905. The molecule has 0 heterocycles. The van der Waals surface area contributed by atoms with Gasteiger partial charge in [0.1, 0.15) is 0 Å². The Morgan fingerprint density at radius 3 is 1.80 bits per heavy atom. The minimum Gasteiger partial charge on any atom is -0.465 e. The lowest BCUT2D eigenvalue weighted by Crippen LogP contribution is -2.28. The van der Waals surface area contributed by atoms with Crippen LogP contribution >= 0.6 is 0 Å². The van der Waals surface area contributed by atoms with Crippen LogP contribution in [-0.4, -0.2) is 25.2 Å². The molecule has 1 fully saturated rings. The summed E-state index contributed by atoms with van der Waals surface area (Å²) in [5, 5.41) is 0. The van der Waals surface area contributed by atoms with E-state index in [0.29, 0.717) is 13.2 Å².